The Bertz CT molecular complexity index is 2110. The summed E-state index contributed by atoms with van der Waals surface area (Å²) in [6.07, 6.45) is 0. The molecule has 0 aromatic heterocycles. The van der Waals surface area contributed by atoms with E-state index in [0.717, 1.165) is 11.4 Å². The Morgan fingerprint density at radius 1 is 0.566 bits per heavy atom. The van der Waals surface area contributed by atoms with Crippen LogP contribution in [0.5, 0.6) is 0 Å². The summed E-state index contributed by atoms with van der Waals surface area (Å²) in [6, 6.07) is 47.3. The fourth-order valence-corrected chi connectivity index (χ4v) is 7.10. The van der Waals surface area contributed by atoms with Crippen molar-refractivity contribution in [3.63, 3.8) is 0 Å². The van der Waals surface area contributed by atoms with Crippen LogP contribution < -0.4 is 27.2 Å². The second kappa shape index (κ2) is 17.7. The molecule has 278 valence electrons. The number of anilines is 4. The van der Waals surface area contributed by atoms with Gasteiger partial charge in [0.25, 0.3) is 0 Å². The largest absolute Gasteiger partial charge is 0.399 e. The fraction of sp³-hybridized carbons (Fsp3) is 0.0952. The molecule has 6 aromatic carbocycles. The molecule has 0 heterocycles. The molecule has 0 aliphatic heterocycles. The van der Waals surface area contributed by atoms with Crippen LogP contribution in [0.2, 0.25) is 0 Å². The molecule has 0 radical (unpaired) electrons. The summed E-state index contributed by atoms with van der Waals surface area (Å²) in [6.45, 7) is 0.502. The fourth-order valence-electron chi connectivity index (χ4n) is 6.59. The minimum absolute atomic E-state index is 0. The maximum Gasteiger partial charge on any atom is 0.177 e. The van der Waals surface area contributed by atoms with Gasteiger partial charge >= 0.3 is 0 Å². The lowest BCUT2D eigenvalue weighted by Crippen LogP contribution is -2.37. The predicted molar refractivity (Wildman–Crippen MR) is 232 cm³/mol. The summed E-state index contributed by atoms with van der Waals surface area (Å²) in [5.41, 5.74) is 20.5. The zero-order valence-corrected chi connectivity index (χ0v) is 30.2. The molecule has 0 unspecified atom stereocenters. The van der Waals surface area contributed by atoms with Crippen LogP contribution in [0.4, 0.5) is 22.7 Å². The van der Waals surface area contributed by atoms with Crippen molar-refractivity contribution in [1.29, 1.82) is 0 Å². The van der Waals surface area contributed by atoms with Gasteiger partial charge < -0.3 is 26.8 Å². The van der Waals surface area contributed by atoms with Gasteiger partial charge in [0.1, 0.15) is 0 Å². The van der Waals surface area contributed by atoms with Crippen molar-refractivity contribution >= 4 is 57.4 Å². The molecular formula is C42H49N5O4S2. The van der Waals surface area contributed by atoms with Crippen molar-refractivity contribution < 1.29 is 27.6 Å². The van der Waals surface area contributed by atoms with E-state index in [-0.39, 0.29) is 25.6 Å². The number of hydrogen-bond acceptors (Lipinski definition) is 8. The van der Waals surface area contributed by atoms with Gasteiger partial charge in [-0.1, -0.05) is 97.1 Å². The summed E-state index contributed by atoms with van der Waals surface area (Å²) in [5.74, 6) is 0.315. The zero-order chi connectivity index (χ0) is 37.2. The highest BCUT2D eigenvalue weighted by atomic mass is 32.1. The van der Waals surface area contributed by atoms with Crippen molar-refractivity contribution in [2.45, 2.75) is 11.8 Å². The van der Waals surface area contributed by atoms with Crippen molar-refractivity contribution in [3.05, 3.63) is 168 Å². The van der Waals surface area contributed by atoms with E-state index in [1.165, 1.54) is 44.5 Å². The van der Waals surface area contributed by atoms with Gasteiger partial charge in [0.2, 0.25) is 0 Å². The van der Waals surface area contributed by atoms with Gasteiger partial charge in [-0.3, -0.25) is 15.9 Å². The van der Waals surface area contributed by atoms with E-state index in [1.54, 1.807) is 36.4 Å². The first-order chi connectivity index (χ1) is 25.9. The number of nitrogen functional groups attached to an aromatic ring is 1. The molecule has 2 aliphatic rings. The third kappa shape index (κ3) is 8.87. The van der Waals surface area contributed by atoms with Crippen LogP contribution >= 0.6 is 24.4 Å². The quantitative estimate of drug-likeness (QED) is 0.0356. The molecule has 0 amide bonds. The Hall–Kier alpha value is -5.66. The topological polar surface area (TPSA) is 144 Å². The van der Waals surface area contributed by atoms with E-state index in [4.69, 9.17) is 40.6 Å². The molecule has 8 rings (SSSR count). The number of benzene rings is 6. The van der Waals surface area contributed by atoms with Crippen LogP contribution in [0.1, 0.15) is 41.2 Å². The average Bonchev–Trinajstić information content (AvgIpc) is 3.69. The van der Waals surface area contributed by atoms with Gasteiger partial charge in [0.05, 0.1) is 18.9 Å². The maximum atomic E-state index is 9.46. The van der Waals surface area contributed by atoms with Crippen LogP contribution in [0.25, 0.3) is 22.3 Å². The zero-order valence-electron chi connectivity index (χ0n) is 28.6. The number of nitrogens with two attached hydrogens (primary N) is 1. The van der Waals surface area contributed by atoms with E-state index >= 15 is 0 Å². The highest BCUT2D eigenvalue weighted by molar-refractivity contribution is 7.82. The first-order valence-corrected chi connectivity index (χ1v) is 17.7. The summed E-state index contributed by atoms with van der Waals surface area (Å²) in [4.78, 5) is 4.34. The smallest absolute Gasteiger partial charge is 0.177 e. The van der Waals surface area contributed by atoms with E-state index in [2.05, 4.69) is 87.0 Å². The van der Waals surface area contributed by atoms with E-state index in [0.29, 0.717) is 28.2 Å². The second-order valence-electron chi connectivity index (χ2n) is 12.3. The predicted octanol–water partition coefficient (Wildman–Crippen LogP) is 10.1. The van der Waals surface area contributed by atoms with Crippen LogP contribution in [0.3, 0.4) is 0 Å². The number of aliphatic hydroxyl groups excluding tert-OH is 1. The molecule has 9 nitrogen and oxygen atoms in total. The Balaban J connectivity index is 0.000000424. The summed E-state index contributed by atoms with van der Waals surface area (Å²) in [7, 11) is 0. The number of hydrogen-bond donors (Lipinski definition) is 8. The lowest BCUT2D eigenvalue weighted by molar-refractivity contribution is -0.243. The van der Waals surface area contributed by atoms with Crippen LogP contribution in [0.15, 0.2) is 146 Å². The number of nitrogens with one attached hydrogen (secondary N) is 4. The van der Waals surface area contributed by atoms with E-state index in [9.17, 15) is 5.11 Å². The normalized spacial score (nSPS) is 12.0. The average molecular weight is 752 g/mol. The SMILES string of the molecule is Nc1ccc(NC(=S)NC(=S)Nc2ccc(NO)cc2)cc1.OCC1c2ccccc2-c2ccccc21.OOCC1c2ccccc2-c2ccccc21.[HH].[HH].[HH].[HH].[HH]. The van der Waals surface area contributed by atoms with Crippen LogP contribution in [0, 0.1) is 0 Å². The van der Waals surface area contributed by atoms with Crippen molar-refractivity contribution in [3.8, 4) is 22.3 Å². The van der Waals surface area contributed by atoms with E-state index in [1.807, 2.05) is 48.5 Å². The molecule has 0 fully saturated rings. The molecular weight excluding hydrogens is 703 g/mol. The standard InChI is InChI=1S/C14H15N5OS2.C14H12O2.C14H12O.5H2/c15-9-1-3-10(4-2-9)16-13(21)18-14(22)17-11-5-7-12(19-20)8-6-11;15-16-9-14-12-7-3-1-5-10(12)11-6-2-4-8-13(11)14;15-9-14-12-7-3-1-5-10(12)11-6-2-4-8-13(11)14;;;;;/h1-8,19-20H,15H2,(H3,16,17,18,21,22);1-8,14-15H,9H2;1-8,14-15H,9H2;5*1H. The molecule has 53 heavy (non-hydrogen) atoms. The van der Waals surface area contributed by atoms with Crippen molar-refractivity contribution in [1.82, 2.24) is 5.32 Å². The Morgan fingerprint density at radius 3 is 1.30 bits per heavy atom. The number of rotatable bonds is 6. The first kappa shape index (κ1) is 37.1. The minimum Gasteiger partial charge on any atom is -0.399 e. The molecule has 11 heteroatoms. The Morgan fingerprint density at radius 2 is 0.925 bits per heavy atom. The number of thiocarbonyl (C=S) groups is 2. The van der Waals surface area contributed by atoms with Gasteiger partial charge in [-0.15, -0.1) is 0 Å². The number of aliphatic hydroxyl groups is 1. The van der Waals surface area contributed by atoms with Crippen LogP contribution in [-0.4, -0.2) is 39.0 Å². The van der Waals surface area contributed by atoms with Gasteiger partial charge in [-0.25, -0.2) is 4.89 Å². The Kier molecular flexibility index (Phi) is 12.4. The van der Waals surface area contributed by atoms with Gasteiger partial charge in [0.15, 0.2) is 10.2 Å². The third-order valence-corrected chi connectivity index (χ3v) is 9.42. The van der Waals surface area contributed by atoms with Gasteiger partial charge in [-0.2, -0.15) is 0 Å². The van der Waals surface area contributed by atoms with E-state index < -0.39 is 0 Å². The molecule has 9 N–H and O–H groups in total. The molecule has 0 atom stereocenters. The monoisotopic (exact) mass is 751 g/mol. The third-order valence-electron chi connectivity index (χ3n) is 9.02. The maximum absolute atomic E-state index is 9.46. The molecule has 0 saturated heterocycles. The van der Waals surface area contributed by atoms with Crippen LogP contribution in [-0.2, 0) is 4.89 Å². The van der Waals surface area contributed by atoms with Gasteiger partial charge in [-0.05, 0) is 117 Å². The van der Waals surface area contributed by atoms with Gasteiger partial charge in [0, 0.05) is 36.0 Å². The first-order valence-electron chi connectivity index (χ1n) is 16.9. The lowest BCUT2D eigenvalue weighted by atomic mass is 9.98. The second-order valence-corrected chi connectivity index (χ2v) is 13.1. The van der Waals surface area contributed by atoms with Crippen molar-refractivity contribution in [2.75, 3.05) is 35.1 Å². The lowest BCUT2D eigenvalue weighted by Gasteiger charge is -2.13. The van der Waals surface area contributed by atoms with Crippen molar-refractivity contribution in [2.24, 2.45) is 0 Å². The molecule has 0 saturated carbocycles. The highest BCUT2D eigenvalue weighted by Crippen LogP contribution is 2.45. The molecule has 6 aromatic rings. The molecule has 2 aliphatic carbocycles. The summed E-state index contributed by atoms with van der Waals surface area (Å²) >= 11 is 10.4. The Labute approximate surface area is 326 Å². The minimum atomic E-state index is 0. The molecule has 0 spiro atoms. The summed E-state index contributed by atoms with van der Waals surface area (Å²) < 4.78 is 0. The number of fused-ring (bicyclic) bond motifs is 6. The highest BCUT2D eigenvalue weighted by Gasteiger charge is 2.28. The summed E-state index contributed by atoms with van der Waals surface area (Å²) in [5, 5.41) is 36.5. The molecule has 0 bridgehead atoms.